The number of sulfonamides is 1. The van der Waals surface area contributed by atoms with Crippen molar-refractivity contribution in [2.45, 2.75) is 11.8 Å². The van der Waals surface area contributed by atoms with E-state index in [4.69, 9.17) is 0 Å². The summed E-state index contributed by atoms with van der Waals surface area (Å²) in [6, 6.07) is 9.65. The SMILES string of the molecule is Cc1ccc(O)c(S(=O)(=O)N2CCN(C(=O)c3ccc(-n4cccn4)nc3)CC2)c1. The van der Waals surface area contributed by atoms with Crippen LogP contribution < -0.4 is 0 Å². The van der Waals surface area contributed by atoms with Crippen LogP contribution >= 0.6 is 0 Å². The van der Waals surface area contributed by atoms with Gasteiger partial charge in [0.25, 0.3) is 5.91 Å². The maximum atomic E-state index is 12.9. The number of benzene rings is 1. The summed E-state index contributed by atoms with van der Waals surface area (Å²) in [6.45, 7) is 2.58. The summed E-state index contributed by atoms with van der Waals surface area (Å²) in [6.07, 6.45) is 4.90. The smallest absolute Gasteiger partial charge is 0.255 e. The van der Waals surface area contributed by atoms with Crippen LogP contribution in [0.25, 0.3) is 5.82 Å². The number of rotatable bonds is 4. The Morgan fingerprint density at radius 1 is 1.10 bits per heavy atom. The third-order valence-corrected chi connectivity index (χ3v) is 6.92. The number of piperazine rings is 1. The van der Waals surface area contributed by atoms with Gasteiger partial charge < -0.3 is 10.0 Å². The predicted octanol–water partition coefficient (Wildman–Crippen LogP) is 1.43. The van der Waals surface area contributed by atoms with Crippen molar-refractivity contribution in [1.82, 2.24) is 24.0 Å². The van der Waals surface area contributed by atoms with Crippen LogP contribution in [0.1, 0.15) is 15.9 Å². The van der Waals surface area contributed by atoms with E-state index >= 15 is 0 Å². The van der Waals surface area contributed by atoms with Crippen molar-refractivity contribution in [1.29, 1.82) is 0 Å². The van der Waals surface area contributed by atoms with Crippen LogP contribution in [0.3, 0.4) is 0 Å². The average Bonchev–Trinajstić information content (AvgIpc) is 3.30. The molecule has 0 atom stereocenters. The Balaban J connectivity index is 1.44. The fraction of sp³-hybridized carbons (Fsp3) is 0.250. The van der Waals surface area contributed by atoms with Crippen molar-refractivity contribution in [3.63, 3.8) is 0 Å². The zero-order valence-corrected chi connectivity index (χ0v) is 17.2. The van der Waals surface area contributed by atoms with E-state index in [1.165, 1.54) is 22.6 Å². The summed E-state index contributed by atoms with van der Waals surface area (Å²) >= 11 is 0. The molecular weight excluding hydrogens is 406 g/mol. The minimum absolute atomic E-state index is 0.110. The lowest BCUT2D eigenvalue weighted by Crippen LogP contribution is -2.50. The second kappa shape index (κ2) is 7.88. The number of nitrogens with zero attached hydrogens (tertiary/aromatic N) is 5. The molecule has 9 nitrogen and oxygen atoms in total. The van der Waals surface area contributed by atoms with Gasteiger partial charge in [0.2, 0.25) is 10.0 Å². The number of hydrogen-bond acceptors (Lipinski definition) is 6. The Bertz CT molecular complexity index is 1150. The molecule has 1 amide bonds. The largest absolute Gasteiger partial charge is 0.507 e. The van der Waals surface area contributed by atoms with Crippen LogP contribution in [0.4, 0.5) is 0 Å². The van der Waals surface area contributed by atoms with E-state index in [9.17, 15) is 18.3 Å². The maximum Gasteiger partial charge on any atom is 0.255 e. The second-order valence-corrected chi connectivity index (χ2v) is 8.93. The molecule has 1 aliphatic heterocycles. The number of amides is 1. The van der Waals surface area contributed by atoms with E-state index in [0.717, 1.165) is 5.56 Å². The monoisotopic (exact) mass is 427 g/mol. The van der Waals surface area contributed by atoms with E-state index in [2.05, 4.69) is 10.1 Å². The summed E-state index contributed by atoms with van der Waals surface area (Å²) in [4.78, 5) is 18.5. The molecule has 0 aliphatic carbocycles. The first kappa shape index (κ1) is 20.0. The van der Waals surface area contributed by atoms with Gasteiger partial charge in [0.15, 0.2) is 5.82 Å². The zero-order valence-electron chi connectivity index (χ0n) is 16.3. The van der Waals surface area contributed by atoms with Crippen molar-refractivity contribution in [2.24, 2.45) is 0 Å². The average molecular weight is 427 g/mol. The van der Waals surface area contributed by atoms with Crippen LogP contribution in [0.2, 0.25) is 0 Å². The standard InChI is InChI=1S/C20H21N5O4S/c1-15-3-5-17(26)18(13-15)30(28,29)24-11-9-23(10-12-24)20(27)16-4-6-19(21-14-16)25-8-2-7-22-25/h2-8,13-14,26H,9-12H2,1H3. The number of carbonyl (C=O) groups is 1. The lowest BCUT2D eigenvalue weighted by atomic mass is 10.2. The first-order chi connectivity index (χ1) is 14.4. The molecule has 30 heavy (non-hydrogen) atoms. The Morgan fingerprint density at radius 2 is 1.87 bits per heavy atom. The molecule has 3 aromatic rings. The van der Waals surface area contributed by atoms with E-state index in [1.807, 2.05) is 0 Å². The van der Waals surface area contributed by atoms with Crippen LogP contribution in [0.15, 0.2) is 59.9 Å². The third-order valence-electron chi connectivity index (χ3n) is 4.99. The molecule has 0 unspecified atom stereocenters. The topological polar surface area (TPSA) is 109 Å². The van der Waals surface area contributed by atoms with Gasteiger partial charge in [-0.1, -0.05) is 6.07 Å². The molecule has 1 aliphatic rings. The highest BCUT2D eigenvalue weighted by Crippen LogP contribution is 2.27. The number of aromatic hydroxyl groups is 1. The van der Waals surface area contributed by atoms with E-state index in [1.54, 1.807) is 53.2 Å². The highest BCUT2D eigenvalue weighted by Gasteiger charge is 2.32. The van der Waals surface area contributed by atoms with Crippen LogP contribution in [0, 0.1) is 6.92 Å². The number of phenols is 1. The molecule has 2 aromatic heterocycles. The molecule has 0 spiro atoms. The summed E-state index contributed by atoms with van der Waals surface area (Å²) < 4.78 is 28.7. The molecule has 0 bridgehead atoms. The highest BCUT2D eigenvalue weighted by atomic mass is 32.2. The fourth-order valence-electron chi connectivity index (χ4n) is 3.33. The summed E-state index contributed by atoms with van der Waals surface area (Å²) in [7, 11) is -3.84. The number of pyridine rings is 1. The lowest BCUT2D eigenvalue weighted by molar-refractivity contribution is 0.0697. The molecule has 0 radical (unpaired) electrons. The molecule has 10 heteroatoms. The molecule has 1 fully saturated rings. The Hall–Kier alpha value is -3.24. The molecule has 1 saturated heterocycles. The van der Waals surface area contributed by atoms with Crippen LogP contribution in [-0.4, -0.2) is 69.6 Å². The molecular formula is C20H21N5O4S. The van der Waals surface area contributed by atoms with E-state index in [-0.39, 0.29) is 42.7 Å². The first-order valence-electron chi connectivity index (χ1n) is 9.41. The third kappa shape index (κ3) is 3.79. The van der Waals surface area contributed by atoms with Crippen molar-refractivity contribution in [3.05, 3.63) is 66.1 Å². The number of aryl methyl sites for hydroxylation is 1. The molecule has 0 saturated carbocycles. The number of aromatic nitrogens is 3. The predicted molar refractivity (Wildman–Crippen MR) is 109 cm³/mol. The Labute approximate surface area is 174 Å². The minimum Gasteiger partial charge on any atom is -0.507 e. The number of phenolic OH excluding ortho intramolecular Hbond substituents is 1. The van der Waals surface area contributed by atoms with Gasteiger partial charge >= 0.3 is 0 Å². The van der Waals surface area contributed by atoms with Crippen molar-refractivity contribution >= 4 is 15.9 Å². The number of hydrogen-bond donors (Lipinski definition) is 1. The van der Waals surface area contributed by atoms with Crippen molar-refractivity contribution < 1.29 is 18.3 Å². The Kier molecular flexibility index (Phi) is 5.27. The van der Waals surface area contributed by atoms with Gasteiger partial charge in [0.05, 0.1) is 5.56 Å². The maximum absolute atomic E-state index is 12.9. The fourth-order valence-corrected chi connectivity index (χ4v) is 4.92. The molecule has 4 rings (SSSR count). The summed E-state index contributed by atoms with van der Waals surface area (Å²) in [5.41, 5.74) is 1.17. The number of carbonyl (C=O) groups excluding carboxylic acids is 1. The second-order valence-electron chi connectivity index (χ2n) is 7.02. The minimum atomic E-state index is -3.84. The van der Waals surface area contributed by atoms with Crippen LogP contribution in [-0.2, 0) is 10.0 Å². The quantitative estimate of drug-likeness (QED) is 0.675. The molecule has 156 valence electrons. The summed E-state index contributed by atoms with van der Waals surface area (Å²) in [5, 5.41) is 14.1. The first-order valence-corrected chi connectivity index (χ1v) is 10.9. The zero-order chi connectivity index (χ0) is 21.3. The van der Waals surface area contributed by atoms with Gasteiger partial charge in [0.1, 0.15) is 10.6 Å². The van der Waals surface area contributed by atoms with Crippen LogP contribution in [0.5, 0.6) is 5.75 Å². The van der Waals surface area contributed by atoms with Gasteiger partial charge in [-0.3, -0.25) is 4.79 Å². The van der Waals surface area contributed by atoms with Crippen molar-refractivity contribution in [2.75, 3.05) is 26.2 Å². The van der Waals surface area contributed by atoms with Crippen molar-refractivity contribution in [3.8, 4) is 11.6 Å². The Morgan fingerprint density at radius 3 is 2.50 bits per heavy atom. The van der Waals surface area contributed by atoms with E-state index < -0.39 is 10.0 Å². The lowest BCUT2D eigenvalue weighted by Gasteiger charge is -2.34. The molecule has 3 heterocycles. The van der Waals surface area contributed by atoms with Gasteiger partial charge in [-0.05, 0) is 42.8 Å². The summed E-state index contributed by atoms with van der Waals surface area (Å²) in [5.74, 6) is 0.123. The normalized spacial score (nSPS) is 15.3. The van der Waals surface area contributed by atoms with Gasteiger partial charge in [0, 0.05) is 44.8 Å². The van der Waals surface area contributed by atoms with Gasteiger partial charge in [-0.2, -0.15) is 9.40 Å². The highest BCUT2D eigenvalue weighted by molar-refractivity contribution is 7.89. The van der Waals surface area contributed by atoms with E-state index in [0.29, 0.717) is 11.4 Å². The van der Waals surface area contributed by atoms with Gasteiger partial charge in [-0.25, -0.2) is 18.1 Å². The van der Waals surface area contributed by atoms with Gasteiger partial charge in [-0.15, -0.1) is 0 Å². The molecule has 1 N–H and O–H groups in total. The molecule has 1 aromatic carbocycles.